The first kappa shape index (κ1) is 26.4. The zero-order chi connectivity index (χ0) is 27.3. The Kier molecular flexibility index (Phi) is 8.02. The summed E-state index contributed by atoms with van der Waals surface area (Å²) in [6, 6.07) is 58.4. The highest BCUT2D eigenvalue weighted by Gasteiger charge is 2.18. The van der Waals surface area contributed by atoms with Gasteiger partial charge in [0, 0.05) is 0 Å². The van der Waals surface area contributed by atoms with Gasteiger partial charge in [-0.2, -0.15) is 0 Å². The number of benzene rings is 6. The Morgan fingerprint density at radius 2 is 0.525 bits per heavy atom. The van der Waals surface area contributed by atoms with Crippen molar-refractivity contribution in [1.82, 2.24) is 0 Å². The zero-order valence-corrected chi connectivity index (χ0v) is 24.7. The Hall–Kier alpha value is -3.82. The van der Waals surface area contributed by atoms with Crippen molar-refractivity contribution in [3.05, 3.63) is 169 Å². The first-order chi connectivity index (χ1) is 19.7. The molecule has 0 saturated heterocycles. The second kappa shape index (κ2) is 12.1. The molecule has 0 saturated carbocycles. The molecule has 2 unspecified atom stereocenters. The molecule has 0 aromatic heterocycles. The fourth-order valence-electron chi connectivity index (χ4n) is 5.04. The molecule has 0 aliphatic rings. The van der Waals surface area contributed by atoms with Gasteiger partial charge in [-0.25, -0.2) is 0 Å². The smallest absolute Gasteiger partial charge is 0.0134 e. The van der Waals surface area contributed by atoms with Crippen LogP contribution in [0.5, 0.6) is 0 Å². The molecule has 0 nitrogen and oxygen atoms in total. The first-order valence-corrected chi connectivity index (χ1v) is 16.4. The summed E-state index contributed by atoms with van der Waals surface area (Å²) < 4.78 is 0. The van der Waals surface area contributed by atoms with Crippen LogP contribution in [0.3, 0.4) is 0 Å². The van der Waals surface area contributed by atoms with Gasteiger partial charge >= 0.3 is 0 Å². The maximum absolute atomic E-state index is 2.32. The molecule has 0 fully saturated rings. The molecule has 0 heterocycles. The lowest BCUT2D eigenvalue weighted by Gasteiger charge is -2.20. The Balaban J connectivity index is 1.31. The van der Waals surface area contributed by atoms with Crippen molar-refractivity contribution in [3.63, 3.8) is 0 Å². The lowest BCUT2D eigenvalue weighted by molar-refractivity contribution is 1.49. The summed E-state index contributed by atoms with van der Waals surface area (Å²) in [5, 5.41) is 8.27. The second-order valence-corrected chi connectivity index (χ2v) is 14.5. The van der Waals surface area contributed by atoms with Gasteiger partial charge in [0.2, 0.25) is 0 Å². The predicted molar refractivity (Wildman–Crippen MR) is 179 cm³/mol. The van der Waals surface area contributed by atoms with E-state index in [9.17, 15) is 0 Å². The number of hydrogen-bond acceptors (Lipinski definition) is 0. The molecule has 6 aromatic carbocycles. The largest absolute Gasteiger partial charge is 0.0622 e. The van der Waals surface area contributed by atoms with E-state index in [-0.39, 0.29) is 0 Å². The molecule has 0 aliphatic heterocycles. The fraction of sp³-hybridized carbons (Fsp3) is 0.0526. The molecule has 0 radical (unpaired) electrons. The van der Waals surface area contributed by atoms with E-state index >= 15 is 0 Å². The van der Waals surface area contributed by atoms with Crippen LogP contribution in [0.25, 0.3) is 11.1 Å². The highest BCUT2D eigenvalue weighted by molar-refractivity contribution is 7.80. The van der Waals surface area contributed by atoms with Gasteiger partial charge in [0.05, 0.1) is 0 Å². The van der Waals surface area contributed by atoms with E-state index in [4.69, 9.17) is 0 Å². The first-order valence-electron chi connectivity index (χ1n) is 13.7. The Morgan fingerprint density at radius 1 is 0.275 bits per heavy atom. The molecule has 0 bridgehead atoms. The van der Waals surface area contributed by atoms with Crippen molar-refractivity contribution in [2.45, 2.75) is 13.8 Å². The molecule has 194 valence electrons. The summed E-state index contributed by atoms with van der Waals surface area (Å²) in [5.41, 5.74) is 5.09. The van der Waals surface area contributed by atoms with Crippen LogP contribution in [0.4, 0.5) is 0 Å². The van der Waals surface area contributed by atoms with Crippen LogP contribution in [0.1, 0.15) is 11.1 Å². The highest BCUT2D eigenvalue weighted by Crippen LogP contribution is 2.35. The minimum Gasteiger partial charge on any atom is -0.0622 e. The summed E-state index contributed by atoms with van der Waals surface area (Å²) in [6.07, 6.45) is 0. The molecule has 2 atom stereocenters. The monoisotopic (exact) mass is 550 g/mol. The van der Waals surface area contributed by atoms with Crippen molar-refractivity contribution in [2.75, 3.05) is 0 Å². The van der Waals surface area contributed by atoms with E-state index in [1.807, 2.05) is 0 Å². The minimum atomic E-state index is -0.605. The SMILES string of the molecule is Cc1ccc(P(c2ccccc2)c2ccc(-c3ccc(P(c4ccccc4)c4ccc(C)cc4)cc3)cc2)cc1. The standard InChI is InChI=1S/C38H32P2/c1-29-13-21-35(22-14-29)39(33-9-5-3-6-10-33)37-25-17-31(18-26-37)32-19-27-38(28-20-32)40(34-11-7-4-8-12-34)36-23-15-30(2)16-24-36/h3-28H,1-2H3. The molecule has 0 amide bonds. The molecule has 0 aliphatic carbocycles. The van der Waals surface area contributed by atoms with E-state index in [2.05, 4.69) is 172 Å². The number of aryl methyl sites for hydroxylation is 2. The molecular weight excluding hydrogens is 518 g/mol. The lowest BCUT2D eigenvalue weighted by atomic mass is 10.1. The van der Waals surface area contributed by atoms with E-state index < -0.39 is 15.8 Å². The van der Waals surface area contributed by atoms with Gasteiger partial charge in [0.15, 0.2) is 0 Å². The van der Waals surface area contributed by atoms with Gasteiger partial charge < -0.3 is 0 Å². The van der Waals surface area contributed by atoms with Crippen LogP contribution in [0.2, 0.25) is 0 Å². The maximum Gasteiger partial charge on any atom is -0.0134 e. The maximum atomic E-state index is 2.32. The average Bonchev–Trinajstić information content (AvgIpc) is 3.01. The van der Waals surface area contributed by atoms with Gasteiger partial charge in [-0.3, -0.25) is 0 Å². The third-order valence-electron chi connectivity index (χ3n) is 7.20. The van der Waals surface area contributed by atoms with E-state index in [0.29, 0.717) is 0 Å². The molecule has 6 rings (SSSR count). The van der Waals surface area contributed by atoms with Crippen molar-refractivity contribution in [1.29, 1.82) is 0 Å². The quantitative estimate of drug-likeness (QED) is 0.181. The topological polar surface area (TPSA) is 0 Å². The van der Waals surface area contributed by atoms with Gasteiger partial charge in [0.25, 0.3) is 0 Å². The third-order valence-corrected chi connectivity index (χ3v) is 12.1. The van der Waals surface area contributed by atoms with E-state index in [1.54, 1.807) is 0 Å². The van der Waals surface area contributed by atoms with Crippen LogP contribution in [0.15, 0.2) is 158 Å². The van der Waals surface area contributed by atoms with Gasteiger partial charge in [-0.15, -0.1) is 0 Å². The van der Waals surface area contributed by atoms with Crippen LogP contribution in [-0.2, 0) is 0 Å². The molecular formula is C38H32P2. The highest BCUT2D eigenvalue weighted by atomic mass is 31.1. The summed E-state index contributed by atoms with van der Waals surface area (Å²) >= 11 is 0. The second-order valence-electron chi connectivity index (χ2n) is 10.1. The van der Waals surface area contributed by atoms with Crippen LogP contribution < -0.4 is 31.8 Å². The van der Waals surface area contributed by atoms with Crippen LogP contribution in [0, 0.1) is 13.8 Å². The third kappa shape index (κ3) is 5.85. The summed E-state index contributed by atoms with van der Waals surface area (Å²) in [6.45, 7) is 4.30. The van der Waals surface area contributed by atoms with Crippen molar-refractivity contribution in [3.8, 4) is 11.1 Å². The lowest BCUT2D eigenvalue weighted by Crippen LogP contribution is -2.20. The van der Waals surface area contributed by atoms with Crippen molar-refractivity contribution >= 4 is 47.7 Å². The Bertz CT molecular complexity index is 1520. The zero-order valence-electron chi connectivity index (χ0n) is 22.9. The molecule has 2 heteroatoms. The molecule has 6 aromatic rings. The Labute approximate surface area is 240 Å². The average molecular weight is 551 g/mol. The Morgan fingerprint density at radius 3 is 0.825 bits per heavy atom. The molecule has 0 spiro atoms. The number of hydrogen-bond donors (Lipinski definition) is 0. The number of rotatable bonds is 7. The van der Waals surface area contributed by atoms with Crippen LogP contribution >= 0.6 is 15.8 Å². The minimum absolute atomic E-state index is 0.605. The molecule has 40 heavy (non-hydrogen) atoms. The van der Waals surface area contributed by atoms with Crippen molar-refractivity contribution < 1.29 is 0 Å². The van der Waals surface area contributed by atoms with Gasteiger partial charge in [0.1, 0.15) is 0 Å². The predicted octanol–water partition coefficient (Wildman–Crippen LogP) is 7.49. The summed E-state index contributed by atoms with van der Waals surface area (Å²) in [7, 11) is -1.21. The normalized spacial score (nSPS) is 12.6. The van der Waals surface area contributed by atoms with Gasteiger partial charge in [-0.1, -0.05) is 169 Å². The van der Waals surface area contributed by atoms with E-state index in [0.717, 1.165) is 0 Å². The molecule has 0 N–H and O–H groups in total. The van der Waals surface area contributed by atoms with Crippen LogP contribution in [-0.4, -0.2) is 0 Å². The van der Waals surface area contributed by atoms with E-state index in [1.165, 1.54) is 54.1 Å². The van der Waals surface area contributed by atoms with Gasteiger partial charge in [-0.05, 0) is 72.6 Å². The summed E-state index contributed by atoms with van der Waals surface area (Å²) in [4.78, 5) is 0. The summed E-state index contributed by atoms with van der Waals surface area (Å²) in [5.74, 6) is 0. The fourth-order valence-corrected chi connectivity index (χ4v) is 9.56. The van der Waals surface area contributed by atoms with Crippen molar-refractivity contribution in [2.24, 2.45) is 0 Å².